The van der Waals surface area contributed by atoms with Crippen LogP contribution in [0.3, 0.4) is 0 Å². The van der Waals surface area contributed by atoms with Gasteiger partial charge in [0.25, 0.3) is 0 Å². The maximum atomic E-state index is 11.0. The van der Waals surface area contributed by atoms with Crippen LogP contribution in [0.5, 0.6) is 0 Å². The highest BCUT2D eigenvalue weighted by atomic mass is 35.5. The van der Waals surface area contributed by atoms with E-state index in [1.165, 1.54) is 17.3 Å². The molecule has 1 aromatic carbocycles. The van der Waals surface area contributed by atoms with E-state index in [1.54, 1.807) is 13.1 Å². The van der Waals surface area contributed by atoms with Crippen LogP contribution >= 0.6 is 23.4 Å². The average Bonchev–Trinajstić information content (AvgIpc) is 2.86. The van der Waals surface area contributed by atoms with E-state index in [9.17, 15) is 4.79 Å². The third-order valence-electron chi connectivity index (χ3n) is 2.86. The van der Waals surface area contributed by atoms with Gasteiger partial charge in [-0.05, 0) is 37.5 Å². The number of carbonyl (C=O) groups is 1. The lowest BCUT2D eigenvalue weighted by Crippen LogP contribution is -2.02. The van der Waals surface area contributed by atoms with E-state index >= 15 is 0 Å². The summed E-state index contributed by atoms with van der Waals surface area (Å²) in [4.78, 5) is 15.3. The first-order chi connectivity index (χ1) is 9.65. The van der Waals surface area contributed by atoms with E-state index in [0.29, 0.717) is 5.75 Å². The molecule has 2 rings (SSSR count). The van der Waals surface area contributed by atoms with Crippen molar-refractivity contribution in [2.75, 3.05) is 5.75 Å². The van der Waals surface area contributed by atoms with Gasteiger partial charge < -0.3 is 4.57 Å². The first kappa shape index (κ1) is 15.1. The molecule has 0 spiro atoms. The van der Waals surface area contributed by atoms with Gasteiger partial charge in [-0.15, -0.1) is 0 Å². The molecule has 2 aromatic rings. The summed E-state index contributed by atoms with van der Waals surface area (Å²) in [5.41, 5.74) is 1.28. The molecule has 0 saturated carbocycles. The first-order valence-corrected chi connectivity index (χ1v) is 7.89. The summed E-state index contributed by atoms with van der Waals surface area (Å²) in [7, 11) is 0. The van der Waals surface area contributed by atoms with Gasteiger partial charge in [-0.1, -0.05) is 35.5 Å². The summed E-state index contributed by atoms with van der Waals surface area (Å²) in [6.07, 6.45) is 5.78. The van der Waals surface area contributed by atoms with Gasteiger partial charge in [0.15, 0.2) is 5.16 Å². The number of aromatic nitrogens is 2. The molecule has 20 heavy (non-hydrogen) atoms. The smallest absolute Gasteiger partial charge is 0.168 e. The zero-order valence-electron chi connectivity index (χ0n) is 11.4. The fraction of sp³-hybridized carbons (Fsp3) is 0.333. The van der Waals surface area contributed by atoms with Crippen molar-refractivity contribution < 1.29 is 4.79 Å². The van der Waals surface area contributed by atoms with Gasteiger partial charge in [0.1, 0.15) is 5.78 Å². The highest BCUT2D eigenvalue weighted by Crippen LogP contribution is 2.17. The standard InChI is InChI=1S/C15H17ClN2OS/c1-12(19)11-20-15-17-8-10-18(15)9-2-3-13-4-6-14(16)7-5-13/h4-8,10H,2-3,9,11H2,1H3. The molecule has 0 aliphatic rings. The van der Waals surface area contributed by atoms with Crippen molar-refractivity contribution in [3.63, 3.8) is 0 Å². The fourth-order valence-corrected chi connectivity index (χ4v) is 2.79. The van der Waals surface area contributed by atoms with Crippen LogP contribution in [-0.2, 0) is 17.8 Å². The van der Waals surface area contributed by atoms with Gasteiger partial charge >= 0.3 is 0 Å². The lowest BCUT2D eigenvalue weighted by molar-refractivity contribution is -0.114. The Kier molecular flexibility index (Phi) is 5.68. The number of aryl methyl sites for hydroxylation is 2. The Labute approximate surface area is 128 Å². The first-order valence-electron chi connectivity index (χ1n) is 6.53. The summed E-state index contributed by atoms with van der Waals surface area (Å²) < 4.78 is 2.10. The van der Waals surface area contributed by atoms with Gasteiger partial charge in [0.05, 0.1) is 5.75 Å². The lowest BCUT2D eigenvalue weighted by atomic mass is 10.1. The zero-order chi connectivity index (χ0) is 14.4. The van der Waals surface area contributed by atoms with Crippen LogP contribution in [0.2, 0.25) is 5.02 Å². The van der Waals surface area contributed by atoms with E-state index in [2.05, 4.69) is 21.7 Å². The molecule has 0 radical (unpaired) electrons. The minimum atomic E-state index is 0.172. The molecule has 0 unspecified atom stereocenters. The van der Waals surface area contributed by atoms with Crippen molar-refractivity contribution in [3.05, 3.63) is 47.2 Å². The van der Waals surface area contributed by atoms with Crippen molar-refractivity contribution in [2.45, 2.75) is 31.5 Å². The maximum Gasteiger partial charge on any atom is 0.168 e. The van der Waals surface area contributed by atoms with E-state index in [4.69, 9.17) is 11.6 Å². The van der Waals surface area contributed by atoms with Crippen LogP contribution < -0.4 is 0 Å². The van der Waals surface area contributed by atoms with Crippen LogP contribution in [-0.4, -0.2) is 21.1 Å². The van der Waals surface area contributed by atoms with Gasteiger partial charge in [-0.25, -0.2) is 4.98 Å². The molecule has 5 heteroatoms. The molecule has 0 fully saturated rings. The maximum absolute atomic E-state index is 11.0. The number of halogens is 1. The molecule has 106 valence electrons. The molecule has 1 heterocycles. The Balaban J connectivity index is 1.83. The Hall–Kier alpha value is -1.26. The topological polar surface area (TPSA) is 34.9 Å². The number of hydrogen-bond acceptors (Lipinski definition) is 3. The van der Waals surface area contributed by atoms with Crippen molar-refractivity contribution >= 4 is 29.1 Å². The predicted molar refractivity (Wildman–Crippen MR) is 83.4 cm³/mol. The van der Waals surface area contributed by atoms with Gasteiger partial charge in [-0.3, -0.25) is 4.79 Å². The fourth-order valence-electron chi connectivity index (χ4n) is 1.88. The molecular weight excluding hydrogens is 292 g/mol. The summed E-state index contributed by atoms with van der Waals surface area (Å²) in [5.74, 6) is 0.652. The molecule has 0 atom stereocenters. The minimum absolute atomic E-state index is 0.172. The third kappa shape index (κ3) is 4.69. The summed E-state index contributed by atoms with van der Waals surface area (Å²) in [6, 6.07) is 7.95. The molecule has 0 N–H and O–H groups in total. The van der Waals surface area contributed by atoms with Crippen molar-refractivity contribution in [2.24, 2.45) is 0 Å². The van der Waals surface area contributed by atoms with E-state index < -0.39 is 0 Å². The molecule has 0 bridgehead atoms. The summed E-state index contributed by atoms with van der Waals surface area (Å²) in [6.45, 7) is 2.50. The number of ketones is 1. The monoisotopic (exact) mass is 308 g/mol. The molecule has 0 amide bonds. The number of thioether (sulfide) groups is 1. The molecular formula is C15H17ClN2OS. The number of hydrogen-bond donors (Lipinski definition) is 0. The molecule has 3 nitrogen and oxygen atoms in total. The highest BCUT2D eigenvalue weighted by Gasteiger charge is 2.05. The Morgan fingerprint density at radius 1 is 1.35 bits per heavy atom. The molecule has 0 saturated heterocycles. The van der Waals surface area contributed by atoms with Gasteiger partial charge in [0.2, 0.25) is 0 Å². The second-order valence-electron chi connectivity index (χ2n) is 4.62. The Bertz CT molecular complexity index is 566. The number of nitrogens with zero attached hydrogens (tertiary/aromatic N) is 2. The zero-order valence-corrected chi connectivity index (χ0v) is 13.0. The van der Waals surface area contributed by atoms with Gasteiger partial charge in [0, 0.05) is 24.0 Å². The third-order valence-corrected chi connectivity index (χ3v) is 4.26. The number of benzene rings is 1. The van der Waals surface area contributed by atoms with Crippen molar-refractivity contribution in [1.82, 2.24) is 9.55 Å². The number of carbonyl (C=O) groups excluding carboxylic acids is 1. The summed E-state index contributed by atoms with van der Waals surface area (Å²) in [5, 5.41) is 1.68. The second kappa shape index (κ2) is 7.50. The average molecular weight is 309 g/mol. The van der Waals surface area contributed by atoms with E-state index in [1.807, 2.05) is 18.3 Å². The van der Waals surface area contributed by atoms with Crippen LogP contribution in [0.25, 0.3) is 0 Å². The molecule has 0 aliphatic carbocycles. The minimum Gasteiger partial charge on any atom is -0.326 e. The van der Waals surface area contributed by atoms with Crippen LogP contribution in [0.1, 0.15) is 18.9 Å². The predicted octanol–water partition coefficient (Wildman–Crippen LogP) is 3.85. The van der Waals surface area contributed by atoms with Crippen LogP contribution in [0.15, 0.2) is 41.8 Å². The summed E-state index contributed by atoms with van der Waals surface area (Å²) >= 11 is 7.36. The lowest BCUT2D eigenvalue weighted by Gasteiger charge is -2.07. The second-order valence-corrected chi connectivity index (χ2v) is 6.00. The van der Waals surface area contributed by atoms with Gasteiger partial charge in [-0.2, -0.15) is 0 Å². The SMILES string of the molecule is CC(=O)CSc1nccn1CCCc1ccc(Cl)cc1. The van der Waals surface area contributed by atoms with Crippen molar-refractivity contribution in [3.8, 4) is 0 Å². The number of Topliss-reactive ketones (excluding diaryl/α,β-unsaturated/α-hetero) is 1. The quantitative estimate of drug-likeness (QED) is 0.729. The number of imidazole rings is 1. The van der Waals surface area contributed by atoms with E-state index in [-0.39, 0.29) is 5.78 Å². The van der Waals surface area contributed by atoms with E-state index in [0.717, 1.165) is 29.6 Å². The normalized spacial score (nSPS) is 10.7. The van der Waals surface area contributed by atoms with Crippen LogP contribution in [0, 0.1) is 0 Å². The molecule has 0 aliphatic heterocycles. The van der Waals surface area contributed by atoms with Crippen LogP contribution in [0.4, 0.5) is 0 Å². The van der Waals surface area contributed by atoms with Crippen molar-refractivity contribution in [1.29, 1.82) is 0 Å². The Morgan fingerprint density at radius 2 is 2.10 bits per heavy atom. The largest absolute Gasteiger partial charge is 0.326 e. The molecule has 1 aromatic heterocycles. The Morgan fingerprint density at radius 3 is 2.80 bits per heavy atom. The number of rotatable bonds is 7. The highest BCUT2D eigenvalue weighted by molar-refractivity contribution is 7.99.